The van der Waals surface area contributed by atoms with Crippen LogP contribution in [0.1, 0.15) is 57.6 Å². The van der Waals surface area contributed by atoms with Crippen LogP contribution in [0.4, 0.5) is 5.69 Å². The highest BCUT2D eigenvalue weighted by Crippen LogP contribution is 2.46. The van der Waals surface area contributed by atoms with E-state index in [2.05, 4.69) is 48.3 Å². The van der Waals surface area contributed by atoms with Crippen LogP contribution < -0.4 is 10.2 Å². The van der Waals surface area contributed by atoms with E-state index < -0.39 is 0 Å². The van der Waals surface area contributed by atoms with E-state index in [1.54, 1.807) is 0 Å². The average molecular weight is 272 g/mol. The van der Waals surface area contributed by atoms with E-state index in [1.807, 2.05) is 0 Å². The minimum absolute atomic E-state index is 0.444. The predicted molar refractivity (Wildman–Crippen MR) is 86.3 cm³/mol. The molecular weight excluding hydrogens is 244 g/mol. The molecule has 1 atom stereocenters. The molecule has 0 bridgehead atoms. The van der Waals surface area contributed by atoms with E-state index in [1.165, 1.54) is 56.4 Å². The molecule has 20 heavy (non-hydrogen) atoms. The number of hydrogen-bond acceptors (Lipinski definition) is 2. The highest BCUT2D eigenvalue weighted by Gasteiger charge is 2.43. The van der Waals surface area contributed by atoms with Crippen molar-refractivity contribution in [3.05, 3.63) is 29.8 Å². The van der Waals surface area contributed by atoms with Crippen molar-refractivity contribution in [1.29, 1.82) is 0 Å². The molecule has 0 aromatic heterocycles. The lowest BCUT2D eigenvalue weighted by Crippen LogP contribution is -2.57. The second-order valence-electron chi connectivity index (χ2n) is 6.75. The summed E-state index contributed by atoms with van der Waals surface area (Å²) >= 11 is 0. The Kier molecular flexibility index (Phi) is 4.02. The minimum Gasteiger partial charge on any atom is -0.370 e. The van der Waals surface area contributed by atoms with Crippen molar-refractivity contribution in [3.8, 4) is 0 Å². The van der Waals surface area contributed by atoms with Crippen LogP contribution >= 0.6 is 0 Å². The number of rotatable bonds is 4. The van der Waals surface area contributed by atoms with Gasteiger partial charge in [0.1, 0.15) is 0 Å². The molecule has 1 saturated carbocycles. The van der Waals surface area contributed by atoms with Crippen molar-refractivity contribution in [2.75, 3.05) is 24.5 Å². The highest BCUT2D eigenvalue weighted by atomic mass is 15.2. The van der Waals surface area contributed by atoms with Crippen LogP contribution in [-0.4, -0.2) is 19.6 Å². The molecule has 2 heteroatoms. The van der Waals surface area contributed by atoms with Gasteiger partial charge in [0, 0.05) is 30.2 Å². The summed E-state index contributed by atoms with van der Waals surface area (Å²) in [5, 5.41) is 3.55. The van der Waals surface area contributed by atoms with Crippen molar-refractivity contribution in [2.45, 2.75) is 52.0 Å². The molecule has 2 nitrogen and oxygen atoms in total. The third kappa shape index (κ3) is 2.58. The fourth-order valence-corrected chi connectivity index (χ4v) is 4.11. The molecule has 110 valence electrons. The quantitative estimate of drug-likeness (QED) is 0.886. The Morgan fingerprint density at radius 2 is 1.85 bits per heavy atom. The Morgan fingerprint density at radius 3 is 2.55 bits per heavy atom. The molecular formula is C18H28N2. The lowest BCUT2D eigenvalue weighted by molar-refractivity contribution is 0.139. The van der Waals surface area contributed by atoms with Crippen molar-refractivity contribution in [1.82, 2.24) is 5.32 Å². The van der Waals surface area contributed by atoms with Crippen LogP contribution in [0.2, 0.25) is 0 Å². The van der Waals surface area contributed by atoms with Gasteiger partial charge >= 0.3 is 0 Å². The summed E-state index contributed by atoms with van der Waals surface area (Å²) in [7, 11) is 0. The van der Waals surface area contributed by atoms with Gasteiger partial charge in [0.2, 0.25) is 0 Å². The zero-order chi connectivity index (χ0) is 14.0. The minimum atomic E-state index is 0.444. The third-order valence-electron chi connectivity index (χ3n) is 5.22. The predicted octanol–water partition coefficient (Wildman–Crippen LogP) is 4.13. The normalized spacial score (nSPS) is 22.6. The summed E-state index contributed by atoms with van der Waals surface area (Å²) in [5.41, 5.74) is 3.57. The van der Waals surface area contributed by atoms with Crippen LogP contribution in [-0.2, 0) is 0 Å². The van der Waals surface area contributed by atoms with Crippen LogP contribution in [0.25, 0.3) is 0 Å². The summed E-state index contributed by atoms with van der Waals surface area (Å²) in [6, 6.07) is 9.39. The molecule has 0 radical (unpaired) electrons. The lowest BCUT2D eigenvalue weighted by atomic mass is 9.68. The summed E-state index contributed by atoms with van der Waals surface area (Å²) in [6.45, 7) is 8.05. The number of para-hydroxylation sites is 1. The van der Waals surface area contributed by atoms with Crippen LogP contribution in [0, 0.1) is 5.41 Å². The molecule has 1 aromatic rings. The molecule has 2 aliphatic rings. The number of benzene rings is 1. The zero-order valence-electron chi connectivity index (χ0n) is 13.0. The van der Waals surface area contributed by atoms with E-state index in [0.29, 0.717) is 11.5 Å². The van der Waals surface area contributed by atoms with Gasteiger partial charge in [0.05, 0.1) is 0 Å². The van der Waals surface area contributed by atoms with E-state index in [9.17, 15) is 0 Å². The van der Waals surface area contributed by atoms with Gasteiger partial charge in [-0.25, -0.2) is 0 Å². The summed E-state index contributed by atoms with van der Waals surface area (Å²) in [4.78, 5) is 2.61. The SMILES string of the molecule is CCNC(C)c1ccccc1N1CC2(CCCCC2)C1. The second-order valence-corrected chi connectivity index (χ2v) is 6.75. The Labute approximate surface area is 123 Å². The van der Waals surface area contributed by atoms with Gasteiger partial charge in [-0.05, 0) is 37.9 Å². The monoisotopic (exact) mass is 272 g/mol. The number of anilines is 1. The number of hydrogen-bond donors (Lipinski definition) is 1. The highest BCUT2D eigenvalue weighted by molar-refractivity contribution is 5.57. The maximum absolute atomic E-state index is 3.55. The van der Waals surface area contributed by atoms with Crippen molar-refractivity contribution in [2.24, 2.45) is 5.41 Å². The molecule has 3 rings (SSSR count). The first-order valence-electron chi connectivity index (χ1n) is 8.31. The van der Waals surface area contributed by atoms with Gasteiger partial charge < -0.3 is 10.2 Å². The zero-order valence-corrected chi connectivity index (χ0v) is 13.0. The Hall–Kier alpha value is -1.02. The fourth-order valence-electron chi connectivity index (χ4n) is 4.11. The van der Waals surface area contributed by atoms with E-state index in [-0.39, 0.29) is 0 Å². The van der Waals surface area contributed by atoms with Crippen LogP contribution in [0.15, 0.2) is 24.3 Å². The lowest BCUT2D eigenvalue weighted by Gasteiger charge is -2.54. The molecule has 1 aromatic carbocycles. The number of nitrogens with zero attached hydrogens (tertiary/aromatic N) is 1. The molecule has 0 amide bonds. The molecule has 1 N–H and O–H groups in total. The van der Waals surface area contributed by atoms with E-state index in [0.717, 1.165) is 6.54 Å². The van der Waals surface area contributed by atoms with Crippen LogP contribution in [0.5, 0.6) is 0 Å². The Bertz CT molecular complexity index is 440. The molecule has 1 saturated heterocycles. The molecule has 1 heterocycles. The Morgan fingerprint density at radius 1 is 1.15 bits per heavy atom. The van der Waals surface area contributed by atoms with E-state index in [4.69, 9.17) is 0 Å². The van der Waals surface area contributed by atoms with E-state index >= 15 is 0 Å². The summed E-state index contributed by atoms with van der Waals surface area (Å²) in [5.74, 6) is 0. The first kappa shape index (κ1) is 13.9. The summed E-state index contributed by atoms with van der Waals surface area (Å²) in [6.07, 6.45) is 7.26. The van der Waals surface area contributed by atoms with Crippen LogP contribution in [0.3, 0.4) is 0 Å². The van der Waals surface area contributed by atoms with Crippen molar-refractivity contribution in [3.63, 3.8) is 0 Å². The molecule has 1 unspecified atom stereocenters. The van der Waals surface area contributed by atoms with Gasteiger partial charge in [-0.1, -0.05) is 44.4 Å². The first-order valence-corrected chi connectivity index (χ1v) is 8.31. The molecule has 1 aliphatic heterocycles. The summed E-state index contributed by atoms with van der Waals surface area (Å²) < 4.78 is 0. The van der Waals surface area contributed by atoms with Gasteiger partial charge in [-0.2, -0.15) is 0 Å². The van der Waals surface area contributed by atoms with Gasteiger partial charge in [0.25, 0.3) is 0 Å². The van der Waals surface area contributed by atoms with Crippen molar-refractivity contribution < 1.29 is 0 Å². The van der Waals surface area contributed by atoms with Gasteiger partial charge in [-0.3, -0.25) is 0 Å². The van der Waals surface area contributed by atoms with Crippen molar-refractivity contribution >= 4 is 5.69 Å². The molecule has 2 fully saturated rings. The average Bonchev–Trinajstić information content (AvgIpc) is 2.46. The maximum atomic E-state index is 3.55. The fraction of sp³-hybridized carbons (Fsp3) is 0.667. The molecule has 1 spiro atoms. The standard InChI is InChI=1S/C18H28N2/c1-3-19-15(2)16-9-5-6-10-17(16)20-13-18(14-20)11-7-4-8-12-18/h5-6,9-10,15,19H,3-4,7-8,11-14H2,1-2H3. The maximum Gasteiger partial charge on any atom is 0.0415 e. The first-order chi connectivity index (χ1) is 9.74. The van der Waals surface area contributed by atoms with Gasteiger partial charge in [-0.15, -0.1) is 0 Å². The largest absolute Gasteiger partial charge is 0.370 e. The number of nitrogens with one attached hydrogen (secondary N) is 1. The Balaban J connectivity index is 1.72. The molecule has 1 aliphatic carbocycles. The van der Waals surface area contributed by atoms with Gasteiger partial charge in [0.15, 0.2) is 0 Å². The third-order valence-corrected chi connectivity index (χ3v) is 5.22. The topological polar surface area (TPSA) is 15.3 Å². The smallest absolute Gasteiger partial charge is 0.0415 e. The second kappa shape index (κ2) is 5.77.